The molecular weight excluding hydrogens is 715 g/mol. The van der Waals surface area contributed by atoms with Crippen LogP contribution in [-0.4, -0.2) is 19.1 Å². The van der Waals surface area contributed by atoms with Gasteiger partial charge in [-0.15, -0.1) is 39.5 Å². The zero-order valence-corrected chi connectivity index (χ0v) is 27.4. The van der Waals surface area contributed by atoms with Crippen LogP contribution in [-0.2, 0) is 11.8 Å². The van der Waals surface area contributed by atoms with Crippen LogP contribution in [0, 0.1) is 29.6 Å². The summed E-state index contributed by atoms with van der Waals surface area (Å²) < 4.78 is 125. The second kappa shape index (κ2) is 16.5. The van der Waals surface area contributed by atoms with Gasteiger partial charge in [0.2, 0.25) is 0 Å². The second-order valence-corrected chi connectivity index (χ2v) is 11.4. The van der Waals surface area contributed by atoms with Gasteiger partial charge in [-0.25, -0.2) is 0 Å². The quantitative estimate of drug-likeness (QED) is 0.141. The van der Waals surface area contributed by atoms with E-state index in [4.69, 9.17) is 0 Å². The van der Waals surface area contributed by atoms with Gasteiger partial charge < -0.3 is 14.2 Å². The van der Waals surface area contributed by atoms with Crippen molar-refractivity contribution in [1.29, 1.82) is 10.5 Å². The maximum atomic E-state index is 12.7. The van der Waals surface area contributed by atoms with Crippen molar-refractivity contribution in [3.05, 3.63) is 161 Å². The Labute approximate surface area is 298 Å². The van der Waals surface area contributed by atoms with E-state index in [9.17, 15) is 50.0 Å². The van der Waals surface area contributed by atoms with E-state index >= 15 is 0 Å². The number of hydrogen-bond acceptors (Lipinski definition) is 5. The Kier molecular flexibility index (Phi) is 12.3. The summed E-state index contributed by atoms with van der Waals surface area (Å²) in [6.45, 7) is 1.89. The summed E-state index contributed by atoms with van der Waals surface area (Å²) in [4.78, 5) is 0. The van der Waals surface area contributed by atoms with Crippen LogP contribution in [0.3, 0.4) is 0 Å². The number of benzene rings is 5. The number of aryl methyl sites for hydroxylation is 1. The average Bonchev–Trinajstić information content (AvgIpc) is 3.07. The summed E-state index contributed by atoms with van der Waals surface area (Å²) in [5.41, 5.74) is 1.45. The molecule has 0 aliphatic heterocycles. The lowest BCUT2D eigenvalue weighted by molar-refractivity contribution is -0.275. The van der Waals surface area contributed by atoms with Gasteiger partial charge >= 0.3 is 19.1 Å². The fourth-order valence-electron chi connectivity index (χ4n) is 5.44. The number of nitrogens with zero attached hydrogens (tertiary/aromatic N) is 2. The summed E-state index contributed by atoms with van der Waals surface area (Å²) in [5, 5.41) is 19.5. The topological polar surface area (TPSA) is 75.3 Å². The Morgan fingerprint density at radius 1 is 0.528 bits per heavy atom. The van der Waals surface area contributed by atoms with Gasteiger partial charge in [0.15, 0.2) is 0 Å². The third-order valence-corrected chi connectivity index (χ3v) is 7.55. The molecule has 14 heteroatoms. The Bertz CT molecular complexity index is 2010. The molecule has 1 atom stereocenters. The number of ether oxygens (including phenoxy) is 3. The van der Waals surface area contributed by atoms with E-state index in [1.165, 1.54) is 42.5 Å². The van der Waals surface area contributed by atoms with E-state index in [2.05, 4.69) is 26.3 Å². The molecule has 0 amide bonds. The molecule has 5 rings (SSSR count). The van der Waals surface area contributed by atoms with Crippen molar-refractivity contribution in [2.75, 3.05) is 0 Å². The highest BCUT2D eigenvalue weighted by molar-refractivity contribution is 5.51. The summed E-state index contributed by atoms with van der Waals surface area (Å²) in [6.07, 6.45) is -14.7. The van der Waals surface area contributed by atoms with Crippen LogP contribution in [0.4, 0.5) is 39.5 Å². The van der Waals surface area contributed by atoms with Crippen LogP contribution in [0.15, 0.2) is 127 Å². The third kappa shape index (κ3) is 11.7. The number of alkyl halides is 9. The molecule has 0 spiro atoms. The number of halogens is 9. The van der Waals surface area contributed by atoms with Gasteiger partial charge in [-0.05, 0) is 77.6 Å². The normalized spacial score (nSPS) is 12.3. The lowest BCUT2D eigenvalue weighted by Crippen LogP contribution is -2.29. The van der Waals surface area contributed by atoms with Crippen molar-refractivity contribution in [2.24, 2.45) is 0 Å². The predicted octanol–water partition coefficient (Wildman–Crippen LogP) is 11.1. The van der Waals surface area contributed by atoms with E-state index < -0.39 is 41.9 Å². The second-order valence-electron chi connectivity index (χ2n) is 11.4. The standard InChI is InChI=1S/C23H15F6NO2.C16H12F3NO/c24-22(25,26)31-19-10-4-8-17(12-19)21(15-30,14-16-6-2-1-3-7-16)18-9-5-11-20(13-18)32-23(27,28)29;1-11-4-2-5-12(8-11)15(10-20)13-6-3-7-14(9-13)21-16(17,18)19/h1-13H,14H2;2-9,15H,1H3. The van der Waals surface area contributed by atoms with Crippen LogP contribution in [0.2, 0.25) is 0 Å². The first-order valence-electron chi connectivity index (χ1n) is 15.4. The van der Waals surface area contributed by atoms with Crippen LogP contribution >= 0.6 is 0 Å². The van der Waals surface area contributed by atoms with Gasteiger partial charge in [0, 0.05) is 0 Å². The molecule has 0 saturated carbocycles. The van der Waals surface area contributed by atoms with Crippen LogP contribution in [0.5, 0.6) is 17.2 Å². The van der Waals surface area contributed by atoms with Crippen molar-refractivity contribution in [3.8, 4) is 29.4 Å². The lowest BCUT2D eigenvalue weighted by Gasteiger charge is -2.29. The Hall–Kier alpha value is -6.15. The molecule has 0 bridgehead atoms. The third-order valence-electron chi connectivity index (χ3n) is 7.55. The van der Waals surface area contributed by atoms with E-state index in [-0.39, 0.29) is 23.3 Å². The monoisotopic (exact) mass is 742 g/mol. The summed E-state index contributed by atoms with van der Waals surface area (Å²) in [6, 6.07) is 35.3. The molecule has 0 aliphatic carbocycles. The Morgan fingerprint density at radius 3 is 1.40 bits per heavy atom. The summed E-state index contributed by atoms with van der Waals surface area (Å²) in [7, 11) is 0. The van der Waals surface area contributed by atoms with E-state index in [0.717, 1.165) is 35.4 Å². The highest BCUT2D eigenvalue weighted by Crippen LogP contribution is 2.40. The molecule has 0 radical (unpaired) electrons. The van der Waals surface area contributed by atoms with Crippen molar-refractivity contribution in [3.63, 3.8) is 0 Å². The van der Waals surface area contributed by atoms with Gasteiger partial charge in [0.1, 0.15) is 22.7 Å². The Morgan fingerprint density at radius 2 is 0.962 bits per heavy atom. The first kappa shape index (κ1) is 39.6. The maximum absolute atomic E-state index is 12.7. The predicted molar refractivity (Wildman–Crippen MR) is 175 cm³/mol. The summed E-state index contributed by atoms with van der Waals surface area (Å²) >= 11 is 0. The zero-order valence-electron chi connectivity index (χ0n) is 27.4. The molecule has 0 heterocycles. The first-order valence-corrected chi connectivity index (χ1v) is 15.4. The average molecular weight is 743 g/mol. The fraction of sp³-hybridized carbons (Fsp3) is 0.179. The van der Waals surface area contributed by atoms with Crippen molar-refractivity contribution < 1.29 is 53.7 Å². The molecule has 5 nitrogen and oxygen atoms in total. The van der Waals surface area contributed by atoms with Crippen molar-refractivity contribution >= 4 is 0 Å². The molecule has 5 aromatic carbocycles. The minimum absolute atomic E-state index is 0.0186. The van der Waals surface area contributed by atoms with E-state index in [1.807, 2.05) is 25.1 Å². The van der Waals surface area contributed by atoms with Crippen LogP contribution in [0.1, 0.15) is 39.3 Å². The smallest absolute Gasteiger partial charge is 0.406 e. The Balaban J connectivity index is 0.000000258. The fourth-order valence-corrected chi connectivity index (χ4v) is 5.44. The largest absolute Gasteiger partial charge is 0.573 e. The molecular formula is C39H27F9N2O3. The highest BCUT2D eigenvalue weighted by atomic mass is 19.4. The molecule has 0 saturated heterocycles. The van der Waals surface area contributed by atoms with Gasteiger partial charge in [-0.2, -0.15) is 10.5 Å². The van der Waals surface area contributed by atoms with E-state index in [1.54, 1.807) is 42.5 Å². The molecule has 0 aliphatic rings. The van der Waals surface area contributed by atoms with Crippen molar-refractivity contribution in [1.82, 2.24) is 0 Å². The van der Waals surface area contributed by atoms with Gasteiger partial charge in [-0.3, -0.25) is 0 Å². The van der Waals surface area contributed by atoms with Crippen LogP contribution < -0.4 is 14.2 Å². The first-order chi connectivity index (χ1) is 24.9. The van der Waals surface area contributed by atoms with Gasteiger partial charge in [0.05, 0.1) is 18.1 Å². The van der Waals surface area contributed by atoms with Crippen molar-refractivity contribution in [2.45, 2.75) is 43.8 Å². The van der Waals surface area contributed by atoms with Gasteiger partial charge in [0.25, 0.3) is 0 Å². The lowest BCUT2D eigenvalue weighted by atomic mass is 9.71. The molecule has 0 fully saturated rings. The van der Waals surface area contributed by atoms with E-state index in [0.29, 0.717) is 11.1 Å². The zero-order chi connectivity index (χ0) is 38.9. The summed E-state index contributed by atoms with van der Waals surface area (Å²) in [5.74, 6) is -2.06. The number of hydrogen-bond donors (Lipinski definition) is 0. The van der Waals surface area contributed by atoms with Crippen LogP contribution in [0.25, 0.3) is 0 Å². The molecule has 274 valence electrons. The highest BCUT2D eigenvalue weighted by Gasteiger charge is 2.38. The molecule has 1 unspecified atom stereocenters. The minimum atomic E-state index is -4.95. The molecule has 5 aromatic rings. The SMILES string of the molecule is Cc1cccc(C(C#N)c2cccc(OC(F)(F)F)c2)c1.N#CC(Cc1ccccc1)(c1cccc(OC(F)(F)F)c1)c1cccc(OC(F)(F)F)c1. The molecule has 0 N–H and O–H groups in total. The minimum Gasteiger partial charge on any atom is -0.406 e. The maximum Gasteiger partial charge on any atom is 0.573 e. The molecule has 0 aromatic heterocycles. The number of nitriles is 2. The van der Waals surface area contributed by atoms with Gasteiger partial charge in [-0.1, -0.05) is 96.6 Å². The number of rotatable bonds is 9. The molecule has 53 heavy (non-hydrogen) atoms.